The van der Waals surface area contributed by atoms with Crippen LogP contribution in [0, 0.1) is 0 Å². The van der Waals surface area contributed by atoms with Crippen LogP contribution in [0.4, 0.5) is 0 Å². The molecule has 2 aromatic rings. The van der Waals surface area contributed by atoms with Gasteiger partial charge in [-0.15, -0.1) is 11.3 Å². The summed E-state index contributed by atoms with van der Waals surface area (Å²) in [6.07, 6.45) is 2.44. The van der Waals surface area contributed by atoms with Crippen LogP contribution in [0.3, 0.4) is 0 Å². The van der Waals surface area contributed by atoms with Gasteiger partial charge in [0, 0.05) is 17.4 Å². The first-order valence-corrected chi connectivity index (χ1v) is 8.58. The highest BCUT2D eigenvalue weighted by atomic mass is 32.2. The van der Waals surface area contributed by atoms with Gasteiger partial charge in [0.2, 0.25) is 0 Å². The van der Waals surface area contributed by atoms with Crippen molar-refractivity contribution in [3.8, 4) is 11.3 Å². The normalized spacial score (nSPS) is 11.6. The molecule has 6 heteroatoms. The van der Waals surface area contributed by atoms with E-state index in [4.69, 9.17) is 4.18 Å². The average molecular weight is 297 g/mol. The Hall–Kier alpha value is -1.24. The van der Waals surface area contributed by atoms with Crippen molar-refractivity contribution in [3.05, 3.63) is 40.7 Å². The van der Waals surface area contributed by atoms with Gasteiger partial charge in [-0.3, -0.25) is 4.18 Å². The van der Waals surface area contributed by atoms with Gasteiger partial charge < -0.3 is 0 Å². The van der Waals surface area contributed by atoms with Crippen molar-refractivity contribution in [1.82, 2.24) is 4.98 Å². The molecule has 0 fully saturated rings. The van der Waals surface area contributed by atoms with Gasteiger partial charge in [-0.2, -0.15) is 8.42 Å². The van der Waals surface area contributed by atoms with Crippen LogP contribution < -0.4 is 0 Å². The van der Waals surface area contributed by atoms with Crippen molar-refractivity contribution in [2.75, 3.05) is 12.9 Å². The molecule has 1 heterocycles. The van der Waals surface area contributed by atoms with Gasteiger partial charge in [-0.25, -0.2) is 4.98 Å². The summed E-state index contributed by atoms with van der Waals surface area (Å²) in [7, 11) is -3.33. The first-order valence-electron chi connectivity index (χ1n) is 5.89. The lowest BCUT2D eigenvalue weighted by Crippen LogP contribution is -2.04. The van der Waals surface area contributed by atoms with Gasteiger partial charge >= 0.3 is 0 Å². The second kappa shape index (κ2) is 6.27. The summed E-state index contributed by atoms with van der Waals surface area (Å²) in [5, 5.41) is 3.01. The molecule has 0 unspecified atom stereocenters. The third-order valence-corrected chi connectivity index (χ3v) is 3.96. The highest BCUT2D eigenvalue weighted by Gasteiger charge is 2.05. The topological polar surface area (TPSA) is 56.3 Å². The fraction of sp³-hybridized carbons (Fsp3) is 0.308. The van der Waals surface area contributed by atoms with Gasteiger partial charge in [0.1, 0.15) is 0 Å². The van der Waals surface area contributed by atoms with Crippen molar-refractivity contribution >= 4 is 21.5 Å². The van der Waals surface area contributed by atoms with Crippen LogP contribution in [0.15, 0.2) is 35.7 Å². The van der Waals surface area contributed by atoms with E-state index >= 15 is 0 Å². The minimum atomic E-state index is -3.33. The standard InChI is InChI=1S/C13H15NO3S2/c1-19(15,16)17-9-5-8-13-14-12(10-18-13)11-6-3-2-4-7-11/h2-4,6-7,10H,5,8-9H2,1H3. The molecule has 1 aromatic carbocycles. The van der Waals surface area contributed by atoms with Gasteiger partial charge in [-0.1, -0.05) is 30.3 Å². The van der Waals surface area contributed by atoms with Crippen LogP contribution >= 0.6 is 11.3 Å². The summed E-state index contributed by atoms with van der Waals surface area (Å²) in [6.45, 7) is 0.207. The first kappa shape index (κ1) is 14.2. The molecule has 0 radical (unpaired) electrons. The zero-order valence-electron chi connectivity index (χ0n) is 10.6. The van der Waals surface area contributed by atoms with E-state index in [1.807, 2.05) is 35.7 Å². The summed E-state index contributed by atoms with van der Waals surface area (Å²) in [5.74, 6) is 0. The van der Waals surface area contributed by atoms with E-state index in [-0.39, 0.29) is 6.61 Å². The summed E-state index contributed by atoms with van der Waals surface area (Å²) < 4.78 is 26.3. The Bertz CT molecular complexity index is 620. The lowest BCUT2D eigenvalue weighted by Gasteiger charge is -1.99. The number of aryl methyl sites for hydroxylation is 1. The molecule has 102 valence electrons. The molecular weight excluding hydrogens is 282 g/mol. The van der Waals surface area contributed by atoms with Crippen molar-refractivity contribution in [2.24, 2.45) is 0 Å². The van der Waals surface area contributed by atoms with Crippen LogP contribution in [0.5, 0.6) is 0 Å². The minimum Gasteiger partial charge on any atom is -0.270 e. The number of hydrogen-bond donors (Lipinski definition) is 0. The monoisotopic (exact) mass is 297 g/mol. The van der Waals surface area contributed by atoms with E-state index in [0.29, 0.717) is 6.42 Å². The maximum atomic E-state index is 10.8. The fourth-order valence-electron chi connectivity index (χ4n) is 1.60. The highest BCUT2D eigenvalue weighted by Crippen LogP contribution is 2.22. The fourth-order valence-corrected chi connectivity index (χ4v) is 2.87. The van der Waals surface area contributed by atoms with E-state index in [1.54, 1.807) is 11.3 Å². The molecule has 0 saturated heterocycles. The lowest BCUT2D eigenvalue weighted by molar-refractivity contribution is 0.316. The van der Waals surface area contributed by atoms with E-state index < -0.39 is 10.1 Å². The quantitative estimate of drug-likeness (QED) is 0.607. The van der Waals surface area contributed by atoms with E-state index in [9.17, 15) is 8.42 Å². The number of hydrogen-bond acceptors (Lipinski definition) is 5. The van der Waals surface area contributed by atoms with Crippen LogP contribution in [0.2, 0.25) is 0 Å². The molecule has 0 N–H and O–H groups in total. The zero-order chi connectivity index (χ0) is 13.7. The molecule has 0 spiro atoms. The Morgan fingerprint density at radius 2 is 2.00 bits per heavy atom. The van der Waals surface area contributed by atoms with Crippen LogP contribution in [-0.4, -0.2) is 26.3 Å². The zero-order valence-corrected chi connectivity index (χ0v) is 12.2. The van der Waals surface area contributed by atoms with Gasteiger partial charge in [-0.05, 0) is 6.42 Å². The maximum Gasteiger partial charge on any atom is 0.264 e. The SMILES string of the molecule is CS(=O)(=O)OCCCc1nc(-c2ccccc2)cs1. The minimum absolute atomic E-state index is 0.207. The van der Waals surface area contributed by atoms with Gasteiger partial charge in [0.15, 0.2) is 0 Å². The number of aromatic nitrogens is 1. The third-order valence-electron chi connectivity index (χ3n) is 2.45. The van der Waals surface area contributed by atoms with Gasteiger partial charge in [0.25, 0.3) is 10.1 Å². The maximum absolute atomic E-state index is 10.8. The predicted molar refractivity (Wildman–Crippen MR) is 76.7 cm³/mol. The summed E-state index contributed by atoms with van der Waals surface area (Å²) in [4.78, 5) is 4.53. The number of rotatable bonds is 6. The lowest BCUT2D eigenvalue weighted by atomic mass is 10.2. The summed E-state index contributed by atoms with van der Waals surface area (Å²) in [6, 6.07) is 9.97. The molecule has 2 rings (SSSR count). The van der Waals surface area contributed by atoms with E-state index in [2.05, 4.69) is 4.98 Å². The van der Waals surface area contributed by atoms with E-state index in [0.717, 1.165) is 28.9 Å². The predicted octanol–water partition coefficient (Wildman–Crippen LogP) is 2.72. The molecule has 0 aliphatic rings. The largest absolute Gasteiger partial charge is 0.270 e. The second-order valence-electron chi connectivity index (χ2n) is 4.12. The summed E-state index contributed by atoms with van der Waals surface area (Å²) in [5.41, 5.74) is 2.06. The average Bonchev–Trinajstić information content (AvgIpc) is 2.83. The molecule has 0 amide bonds. The highest BCUT2D eigenvalue weighted by molar-refractivity contribution is 7.85. The Labute approximate surface area is 117 Å². The smallest absolute Gasteiger partial charge is 0.264 e. The number of nitrogens with zero attached hydrogens (tertiary/aromatic N) is 1. The van der Waals surface area contributed by atoms with Gasteiger partial charge in [0.05, 0.1) is 23.6 Å². The number of benzene rings is 1. The Kier molecular flexibility index (Phi) is 4.68. The molecular formula is C13H15NO3S2. The van der Waals surface area contributed by atoms with Crippen molar-refractivity contribution < 1.29 is 12.6 Å². The molecule has 0 aliphatic heterocycles. The Morgan fingerprint density at radius 1 is 1.26 bits per heavy atom. The molecule has 1 aromatic heterocycles. The van der Waals surface area contributed by atoms with E-state index in [1.165, 1.54) is 0 Å². The van der Waals surface area contributed by atoms with Crippen LogP contribution in [-0.2, 0) is 20.7 Å². The molecule has 0 aliphatic carbocycles. The number of thiazole rings is 1. The summed E-state index contributed by atoms with van der Waals surface area (Å²) >= 11 is 1.59. The Balaban J connectivity index is 1.88. The van der Waals surface area contributed by atoms with Crippen molar-refractivity contribution in [2.45, 2.75) is 12.8 Å². The molecule has 0 bridgehead atoms. The van der Waals surface area contributed by atoms with Crippen LogP contribution in [0.1, 0.15) is 11.4 Å². The molecule has 0 atom stereocenters. The second-order valence-corrected chi connectivity index (χ2v) is 6.71. The third kappa shape index (κ3) is 4.74. The Morgan fingerprint density at radius 3 is 2.68 bits per heavy atom. The molecule has 0 saturated carbocycles. The molecule has 4 nitrogen and oxygen atoms in total. The van der Waals surface area contributed by atoms with Crippen molar-refractivity contribution in [3.63, 3.8) is 0 Å². The first-order chi connectivity index (χ1) is 9.04. The van der Waals surface area contributed by atoms with Crippen LogP contribution in [0.25, 0.3) is 11.3 Å². The molecule has 19 heavy (non-hydrogen) atoms. The van der Waals surface area contributed by atoms with Crippen molar-refractivity contribution in [1.29, 1.82) is 0 Å².